The largest absolute Gasteiger partial charge is 0.375 e. The van der Waals surface area contributed by atoms with Gasteiger partial charge in [-0.2, -0.15) is 0 Å². The molecule has 2 aromatic carbocycles. The minimum absolute atomic E-state index is 0.0307. The van der Waals surface area contributed by atoms with Gasteiger partial charge in [0.05, 0.1) is 12.1 Å². The molecule has 2 N–H and O–H groups in total. The molecule has 0 unspecified atom stereocenters. The van der Waals surface area contributed by atoms with Gasteiger partial charge in [-0.1, -0.05) is 29.8 Å². The van der Waals surface area contributed by atoms with Crippen molar-refractivity contribution in [2.45, 2.75) is 0 Å². The Balaban J connectivity index is 2.06. The maximum absolute atomic E-state index is 12.2. The predicted octanol–water partition coefficient (Wildman–Crippen LogP) is 3.09. The van der Waals surface area contributed by atoms with Crippen LogP contribution in [0.25, 0.3) is 0 Å². The molecule has 0 bridgehead atoms. The highest BCUT2D eigenvalue weighted by Crippen LogP contribution is 2.22. The van der Waals surface area contributed by atoms with Gasteiger partial charge in [0.1, 0.15) is 0 Å². The molecule has 0 aliphatic heterocycles. The number of amides is 2. The monoisotopic (exact) mass is 331 g/mol. The topological polar surface area (TPSA) is 61.4 Å². The highest BCUT2D eigenvalue weighted by Gasteiger charge is 2.14. The fourth-order valence-electron chi connectivity index (χ4n) is 1.99. The van der Waals surface area contributed by atoms with E-state index in [1.807, 2.05) is 18.2 Å². The summed E-state index contributed by atoms with van der Waals surface area (Å²) in [7, 11) is 3.34. The van der Waals surface area contributed by atoms with Crippen LogP contribution in [0, 0.1) is 0 Å². The average molecular weight is 332 g/mol. The Morgan fingerprint density at radius 1 is 1.09 bits per heavy atom. The molecule has 0 spiro atoms. The van der Waals surface area contributed by atoms with Gasteiger partial charge in [0.25, 0.3) is 5.91 Å². The quantitative estimate of drug-likeness (QED) is 0.885. The van der Waals surface area contributed by atoms with Crippen molar-refractivity contribution >= 4 is 34.8 Å². The number of halogens is 1. The minimum atomic E-state index is -0.209. The van der Waals surface area contributed by atoms with Crippen molar-refractivity contribution in [3.05, 3.63) is 59.1 Å². The van der Waals surface area contributed by atoms with Crippen LogP contribution in [0.4, 0.5) is 11.4 Å². The molecular weight excluding hydrogens is 314 g/mol. The molecule has 0 atom stereocenters. The first-order chi connectivity index (χ1) is 11.0. The van der Waals surface area contributed by atoms with Gasteiger partial charge in [0.15, 0.2) is 0 Å². The summed E-state index contributed by atoms with van der Waals surface area (Å²) in [6, 6.07) is 14.1. The van der Waals surface area contributed by atoms with E-state index in [-0.39, 0.29) is 18.4 Å². The van der Waals surface area contributed by atoms with Crippen molar-refractivity contribution < 1.29 is 9.59 Å². The maximum Gasteiger partial charge on any atom is 0.255 e. The molecule has 6 heteroatoms. The number of nitrogens with one attached hydrogen (secondary N) is 2. The van der Waals surface area contributed by atoms with E-state index in [0.717, 1.165) is 5.69 Å². The number of benzene rings is 2. The van der Waals surface area contributed by atoms with Crippen molar-refractivity contribution in [2.24, 2.45) is 0 Å². The Hall–Kier alpha value is -2.53. The first-order valence-corrected chi connectivity index (χ1v) is 7.45. The highest BCUT2D eigenvalue weighted by atomic mass is 35.5. The summed E-state index contributed by atoms with van der Waals surface area (Å²) < 4.78 is 0. The van der Waals surface area contributed by atoms with Gasteiger partial charge >= 0.3 is 0 Å². The van der Waals surface area contributed by atoms with Gasteiger partial charge in [-0.3, -0.25) is 9.59 Å². The van der Waals surface area contributed by atoms with Crippen LogP contribution in [0.3, 0.4) is 0 Å². The zero-order valence-corrected chi connectivity index (χ0v) is 13.7. The third kappa shape index (κ3) is 4.72. The van der Waals surface area contributed by atoms with Gasteiger partial charge in [0.2, 0.25) is 5.91 Å². The van der Waals surface area contributed by atoms with Crippen molar-refractivity contribution in [2.75, 3.05) is 31.3 Å². The van der Waals surface area contributed by atoms with Crippen molar-refractivity contribution in [3.8, 4) is 0 Å². The smallest absolute Gasteiger partial charge is 0.255 e. The van der Waals surface area contributed by atoms with Crippen molar-refractivity contribution in [1.29, 1.82) is 0 Å². The molecular formula is C17H18ClN3O2. The molecule has 23 heavy (non-hydrogen) atoms. The van der Waals surface area contributed by atoms with Crippen LogP contribution in [0.1, 0.15) is 10.4 Å². The Labute approximate surface area is 140 Å². The van der Waals surface area contributed by atoms with Crippen LogP contribution in [0.15, 0.2) is 48.5 Å². The maximum atomic E-state index is 12.2. The Morgan fingerprint density at radius 3 is 2.43 bits per heavy atom. The van der Waals surface area contributed by atoms with Crippen molar-refractivity contribution in [1.82, 2.24) is 4.90 Å². The molecule has 0 aliphatic carbocycles. The van der Waals surface area contributed by atoms with Crippen LogP contribution in [0.2, 0.25) is 5.02 Å². The Morgan fingerprint density at radius 2 is 1.78 bits per heavy atom. The number of hydrogen-bond acceptors (Lipinski definition) is 3. The van der Waals surface area contributed by atoms with E-state index < -0.39 is 0 Å². The van der Waals surface area contributed by atoms with Gasteiger partial charge in [-0.25, -0.2) is 0 Å². The van der Waals surface area contributed by atoms with E-state index in [0.29, 0.717) is 16.3 Å². The molecule has 0 aliphatic rings. The van der Waals surface area contributed by atoms with Gasteiger partial charge in [0, 0.05) is 30.5 Å². The summed E-state index contributed by atoms with van der Waals surface area (Å²) in [6.45, 7) is 0.0307. The lowest BCUT2D eigenvalue weighted by Crippen LogP contribution is -2.25. The molecule has 0 aromatic heterocycles. The minimum Gasteiger partial charge on any atom is -0.375 e. The molecule has 120 valence electrons. The first kappa shape index (κ1) is 16.8. The summed E-state index contributed by atoms with van der Waals surface area (Å²) in [5, 5.41) is 6.23. The van der Waals surface area contributed by atoms with Gasteiger partial charge in [-0.15, -0.1) is 0 Å². The average Bonchev–Trinajstić information content (AvgIpc) is 2.53. The van der Waals surface area contributed by atoms with E-state index in [2.05, 4.69) is 10.6 Å². The lowest BCUT2D eigenvalue weighted by atomic mass is 10.1. The molecule has 5 nitrogen and oxygen atoms in total. The third-order valence-electron chi connectivity index (χ3n) is 3.12. The summed E-state index contributed by atoms with van der Waals surface area (Å²) in [4.78, 5) is 25.6. The fraction of sp³-hybridized carbons (Fsp3) is 0.176. The third-order valence-corrected chi connectivity index (χ3v) is 3.35. The number of hydrogen-bond donors (Lipinski definition) is 2. The molecule has 0 fully saturated rings. The van der Waals surface area contributed by atoms with Gasteiger partial charge < -0.3 is 15.5 Å². The Bertz CT molecular complexity index is 702. The van der Waals surface area contributed by atoms with E-state index in [1.54, 1.807) is 44.4 Å². The molecule has 2 rings (SSSR count). The summed E-state index contributed by atoms with van der Waals surface area (Å²) in [5.74, 6) is -0.368. The number of para-hydroxylation sites is 1. The predicted molar refractivity (Wildman–Crippen MR) is 93.0 cm³/mol. The second-order valence-corrected chi connectivity index (χ2v) is 5.59. The SMILES string of the molecule is CN(C)C(=O)c1ccc(Cl)cc1NCC(=O)Nc1ccccc1. The number of anilines is 2. The number of carbonyl (C=O) groups is 2. The van der Waals surface area contributed by atoms with E-state index in [4.69, 9.17) is 11.6 Å². The second kappa shape index (κ2) is 7.65. The first-order valence-electron chi connectivity index (χ1n) is 7.07. The Kier molecular flexibility index (Phi) is 5.60. The molecule has 0 heterocycles. The van der Waals surface area contributed by atoms with Crippen LogP contribution in [-0.2, 0) is 4.79 Å². The molecule has 0 radical (unpaired) electrons. The number of carbonyl (C=O) groups excluding carboxylic acids is 2. The summed E-state index contributed by atoms with van der Waals surface area (Å²) >= 11 is 5.98. The molecule has 0 saturated carbocycles. The lowest BCUT2D eigenvalue weighted by molar-refractivity contribution is -0.114. The zero-order chi connectivity index (χ0) is 16.8. The number of nitrogens with zero attached hydrogens (tertiary/aromatic N) is 1. The van der Waals surface area contributed by atoms with Crippen LogP contribution < -0.4 is 10.6 Å². The fourth-order valence-corrected chi connectivity index (χ4v) is 2.16. The molecule has 0 saturated heterocycles. The van der Waals surface area contributed by atoms with E-state index >= 15 is 0 Å². The second-order valence-electron chi connectivity index (χ2n) is 5.16. The number of rotatable bonds is 5. The molecule has 2 amide bonds. The molecule has 2 aromatic rings. The lowest BCUT2D eigenvalue weighted by Gasteiger charge is -2.15. The highest BCUT2D eigenvalue weighted by molar-refractivity contribution is 6.31. The van der Waals surface area contributed by atoms with E-state index in [1.165, 1.54) is 4.90 Å². The van der Waals surface area contributed by atoms with Crippen LogP contribution in [-0.4, -0.2) is 37.4 Å². The summed E-state index contributed by atoms with van der Waals surface area (Å²) in [6.07, 6.45) is 0. The van der Waals surface area contributed by atoms with Gasteiger partial charge in [-0.05, 0) is 30.3 Å². The van der Waals surface area contributed by atoms with Crippen LogP contribution >= 0.6 is 11.6 Å². The summed E-state index contributed by atoms with van der Waals surface area (Å²) in [5.41, 5.74) is 1.71. The van der Waals surface area contributed by atoms with Crippen LogP contribution in [0.5, 0.6) is 0 Å². The van der Waals surface area contributed by atoms with E-state index in [9.17, 15) is 9.59 Å². The zero-order valence-electron chi connectivity index (χ0n) is 13.0. The van der Waals surface area contributed by atoms with Crippen molar-refractivity contribution in [3.63, 3.8) is 0 Å². The normalized spacial score (nSPS) is 10.0. The standard InChI is InChI=1S/C17H18ClN3O2/c1-21(2)17(23)14-9-8-12(18)10-15(14)19-11-16(22)20-13-6-4-3-5-7-13/h3-10,19H,11H2,1-2H3,(H,20,22).